The average Bonchev–Trinajstić information content (AvgIpc) is 2.89. The maximum Gasteiger partial charge on any atom is 0.125 e. The van der Waals surface area contributed by atoms with Crippen molar-refractivity contribution < 1.29 is 19.0 Å². The zero-order valence-electron chi connectivity index (χ0n) is 11.6. The molecule has 2 aliphatic rings. The van der Waals surface area contributed by atoms with Crippen LogP contribution >= 0.6 is 0 Å². The Labute approximate surface area is 118 Å². The minimum Gasteiger partial charge on any atom is -0.490 e. The summed E-state index contributed by atoms with van der Waals surface area (Å²) >= 11 is 0. The van der Waals surface area contributed by atoms with Gasteiger partial charge in [-0.25, -0.2) is 4.39 Å². The van der Waals surface area contributed by atoms with E-state index in [-0.39, 0.29) is 24.1 Å². The molecule has 0 aromatic heterocycles. The van der Waals surface area contributed by atoms with Gasteiger partial charge in [-0.15, -0.1) is 0 Å². The second-order valence-corrected chi connectivity index (χ2v) is 5.88. The number of ether oxygens (including phenoxy) is 2. The van der Waals surface area contributed by atoms with Gasteiger partial charge in [-0.3, -0.25) is 0 Å². The zero-order valence-corrected chi connectivity index (χ0v) is 11.6. The van der Waals surface area contributed by atoms with Crippen LogP contribution in [0.2, 0.25) is 0 Å². The van der Waals surface area contributed by atoms with E-state index in [1.165, 1.54) is 25.0 Å². The van der Waals surface area contributed by atoms with Crippen molar-refractivity contribution in [1.82, 2.24) is 0 Å². The second-order valence-electron chi connectivity index (χ2n) is 5.88. The van der Waals surface area contributed by atoms with Crippen LogP contribution in [0.25, 0.3) is 0 Å². The van der Waals surface area contributed by atoms with E-state index >= 15 is 0 Å². The summed E-state index contributed by atoms with van der Waals surface area (Å²) in [5.41, 5.74) is 0.513. The zero-order chi connectivity index (χ0) is 14.0. The third-order valence-electron chi connectivity index (χ3n) is 4.45. The van der Waals surface area contributed by atoms with Crippen LogP contribution in [0.4, 0.5) is 4.39 Å². The summed E-state index contributed by atoms with van der Waals surface area (Å²) in [6.07, 6.45) is 6.53. The van der Waals surface area contributed by atoms with Gasteiger partial charge in [0.1, 0.15) is 17.7 Å². The number of hydrogen-bond acceptors (Lipinski definition) is 3. The Balaban J connectivity index is 1.71. The van der Waals surface area contributed by atoms with Gasteiger partial charge in [0.2, 0.25) is 0 Å². The van der Waals surface area contributed by atoms with E-state index in [9.17, 15) is 9.50 Å². The molecule has 3 nitrogen and oxygen atoms in total. The Morgan fingerprint density at radius 2 is 2.15 bits per heavy atom. The molecule has 0 radical (unpaired) electrons. The highest BCUT2D eigenvalue weighted by Gasteiger charge is 2.40. The summed E-state index contributed by atoms with van der Waals surface area (Å²) in [5, 5.41) is 9.31. The molecule has 1 unspecified atom stereocenters. The molecule has 1 saturated carbocycles. The van der Waals surface area contributed by atoms with E-state index in [1.807, 2.05) is 0 Å². The SMILES string of the molecule is OCc1cc(F)ccc1OC1CCOC2(CCCC2)C1. The van der Waals surface area contributed by atoms with Crippen LogP contribution in [0.3, 0.4) is 0 Å². The largest absolute Gasteiger partial charge is 0.490 e. The lowest BCUT2D eigenvalue weighted by atomic mass is 9.90. The fourth-order valence-electron chi connectivity index (χ4n) is 3.42. The minimum atomic E-state index is -0.347. The molecule has 1 aromatic carbocycles. The average molecular weight is 280 g/mol. The van der Waals surface area contributed by atoms with Crippen molar-refractivity contribution in [2.24, 2.45) is 0 Å². The molecular weight excluding hydrogens is 259 g/mol. The molecule has 1 saturated heterocycles. The molecule has 0 amide bonds. The Bertz CT molecular complexity index is 469. The molecule has 0 bridgehead atoms. The van der Waals surface area contributed by atoms with E-state index < -0.39 is 0 Å². The number of rotatable bonds is 3. The third kappa shape index (κ3) is 2.81. The van der Waals surface area contributed by atoms with Crippen LogP contribution in [0.5, 0.6) is 5.75 Å². The van der Waals surface area contributed by atoms with Gasteiger partial charge in [0, 0.05) is 18.4 Å². The van der Waals surface area contributed by atoms with E-state index in [1.54, 1.807) is 6.07 Å². The van der Waals surface area contributed by atoms with Crippen LogP contribution in [0, 0.1) is 5.82 Å². The summed E-state index contributed by atoms with van der Waals surface area (Å²) in [6, 6.07) is 4.32. The van der Waals surface area contributed by atoms with Gasteiger partial charge < -0.3 is 14.6 Å². The van der Waals surface area contributed by atoms with Gasteiger partial charge in [0.25, 0.3) is 0 Å². The normalized spacial score (nSPS) is 25.0. The number of aliphatic hydroxyl groups is 1. The van der Waals surface area contributed by atoms with Crippen molar-refractivity contribution in [3.63, 3.8) is 0 Å². The van der Waals surface area contributed by atoms with Gasteiger partial charge >= 0.3 is 0 Å². The summed E-state index contributed by atoms with van der Waals surface area (Å²) in [4.78, 5) is 0. The first-order chi connectivity index (χ1) is 9.71. The van der Waals surface area contributed by atoms with Crippen LogP contribution in [-0.2, 0) is 11.3 Å². The monoisotopic (exact) mass is 280 g/mol. The van der Waals surface area contributed by atoms with Gasteiger partial charge in [-0.2, -0.15) is 0 Å². The van der Waals surface area contributed by atoms with E-state index in [4.69, 9.17) is 9.47 Å². The molecule has 1 aliphatic heterocycles. The molecule has 4 heteroatoms. The summed E-state index contributed by atoms with van der Waals surface area (Å²) < 4.78 is 25.2. The summed E-state index contributed by atoms with van der Waals surface area (Å²) in [6.45, 7) is 0.516. The molecule has 1 heterocycles. The molecular formula is C16H21FO3. The van der Waals surface area contributed by atoms with Gasteiger partial charge in [-0.1, -0.05) is 12.8 Å². The fourth-order valence-corrected chi connectivity index (χ4v) is 3.42. The molecule has 1 atom stereocenters. The Morgan fingerprint density at radius 3 is 2.90 bits per heavy atom. The quantitative estimate of drug-likeness (QED) is 0.924. The fraction of sp³-hybridized carbons (Fsp3) is 0.625. The van der Waals surface area contributed by atoms with Crippen molar-refractivity contribution in [3.05, 3.63) is 29.6 Å². The van der Waals surface area contributed by atoms with Crippen LogP contribution in [-0.4, -0.2) is 23.4 Å². The highest BCUT2D eigenvalue weighted by Crippen LogP contribution is 2.41. The van der Waals surface area contributed by atoms with Crippen molar-refractivity contribution in [2.75, 3.05) is 6.61 Å². The number of benzene rings is 1. The molecule has 1 N–H and O–H groups in total. The van der Waals surface area contributed by atoms with Crippen LogP contribution in [0.15, 0.2) is 18.2 Å². The van der Waals surface area contributed by atoms with Gasteiger partial charge in [0.15, 0.2) is 0 Å². The molecule has 1 aliphatic carbocycles. The number of aliphatic hydroxyl groups excluding tert-OH is 1. The topological polar surface area (TPSA) is 38.7 Å². The maximum atomic E-state index is 13.2. The van der Waals surface area contributed by atoms with Crippen LogP contribution < -0.4 is 4.74 Å². The van der Waals surface area contributed by atoms with Crippen molar-refractivity contribution >= 4 is 0 Å². The Kier molecular flexibility index (Phi) is 3.94. The third-order valence-corrected chi connectivity index (χ3v) is 4.45. The van der Waals surface area contributed by atoms with Crippen molar-refractivity contribution in [1.29, 1.82) is 0 Å². The lowest BCUT2D eigenvalue weighted by Gasteiger charge is -2.38. The molecule has 1 spiro atoms. The number of hydrogen-bond donors (Lipinski definition) is 1. The first-order valence-corrected chi connectivity index (χ1v) is 7.41. The molecule has 3 rings (SSSR count). The second kappa shape index (κ2) is 5.70. The first-order valence-electron chi connectivity index (χ1n) is 7.41. The first kappa shape index (κ1) is 13.8. The number of halogens is 1. The predicted molar refractivity (Wildman–Crippen MR) is 73.1 cm³/mol. The standard InChI is InChI=1S/C16H21FO3/c17-13-3-4-15(12(9-13)11-18)20-14-5-8-19-16(10-14)6-1-2-7-16/h3-4,9,14,18H,1-2,5-8,10-11H2. The Hall–Kier alpha value is -1.13. The molecule has 1 aromatic rings. The minimum absolute atomic E-state index is 0.00231. The summed E-state index contributed by atoms with van der Waals surface area (Å²) in [5.74, 6) is 0.245. The van der Waals surface area contributed by atoms with Gasteiger partial charge in [0.05, 0.1) is 18.8 Å². The van der Waals surface area contributed by atoms with E-state index in [0.717, 1.165) is 32.3 Å². The molecule has 110 valence electrons. The lowest BCUT2D eigenvalue weighted by molar-refractivity contribution is -0.108. The lowest BCUT2D eigenvalue weighted by Crippen LogP contribution is -2.41. The van der Waals surface area contributed by atoms with Gasteiger partial charge in [-0.05, 0) is 31.0 Å². The molecule has 20 heavy (non-hydrogen) atoms. The van der Waals surface area contributed by atoms with Crippen molar-refractivity contribution in [3.8, 4) is 5.75 Å². The highest BCUT2D eigenvalue weighted by atomic mass is 19.1. The Morgan fingerprint density at radius 1 is 1.35 bits per heavy atom. The van der Waals surface area contributed by atoms with E-state index in [2.05, 4.69) is 0 Å². The predicted octanol–water partition coefficient (Wildman–Crippen LogP) is 3.19. The smallest absolute Gasteiger partial charge is 0.125 e. The maximum absolute atomic E-state index is 13.2. The highest BCUT2D eigenvalue weighted by molar-refractivity contribution is 5.33. The van der Waals surface area contributed by atoms with Crippen molar-refractivity contribution in [2.45, 2.75) is 56.8 Å². The van der Waals surface area contributed by atoms with Crippen LogP contribution in [0.1, 0.15) is 44.1 Å². The summed E-state index contributed by atoms with van der Waals surface area (Å²) in [7, 11) is 0. The van der Waals surface area contributed by atoms with E-state index in [0.29, 0.717) is 11.3 Å². The molecule has 2 fully saturated rings.